The number of benzene rings is 3. The molecule has 0 saturated carbocycles. The number of anilines is 1. The van der Waals surface area contributed by atoms with E-state index in [0.29, 0.717) is 5.69 Å². The maximum atomic E-state index is 13.2. The second kappa shape index (κ2) is 7.92. The van der Waals surface area contributed by atoms with E-state index in [-0.39, 0.29) is 16.0 Å². The molecule has 0 aromatic heterocycles. The number of methoxy groups -OCH3 is 2. The number of nitrogens with zero attached hydrogens (tertiary/aromatic N) is 1. The fraction of sp³-hybridized carbons (Fsp3) is 0.143. The maximum Gasteiger partial charge on any atom is 0.337 e. The number of ether oxygens (including phenoxy) is 2. The van der Waals surface area contributed by atoms with Crippen LogP contribution in [0.1, 0.15) is 20.7 Å². The van der Waals surface area contributed by atoms with Crippen LogP contribution in [0, 0.1) is 0 Å². The Bertz CT molecular complexity index is 1170. The molecule has 0 bridgehead atoms. The fourth-order valence-electron chi connectivity index (χ4n) is 2.89. The highest BCUT2D eigenvalue weighted by Gasteiger charge is 2.25. The standard InChI is InChI=1S/C21H19NO6S/c1-22(18-9-8-14-6-4-5-7-15(14)11-18)29(25,26)19-12-16(20(23)27-2)10-17(13-19)21(24)28-3/h4-13H,1-3H3. The van der Waals surface area contributed by atoms with Crippen molar-refractivity contribution in [3.8, 4) is 0 Å². The Balaban J connectivity index is 2.11. The van der Waals surface area contributed by atoms with Crippen molar-refractivity contribution in [1.82, 2.24) is 0 Å². The van der Waals surface area contributed by atoms with Gasteiger partial charge in [0.25, 0.3) is 10.0 Å². The van der Waals surface area contributed by atoms with Gasteiger partial charge in [0.2, 0.25) is 0 Å². The Labute approximate surface area is 168 Å². The Morgan fingerprint density at radius 2 is 1.34 bits per heavy atom. The van der Waals surface area contributed by atoms with E-state index in [1.165, 1.54) is 39.5 Å². The number of esters is 2. The highest BCUT2D eigenvalue weighted by atomic mass is 32.2. The predicted molar refractivity (Wildman–Crippen MR) is 109 cm³/mol. The summed E-state index contributed by atoms with van der Waals surface area (Å²) in [6, 6.07) is 16.4. The Hall–Kier alpha value is -3.39. The molecule has 0 spiro atoms. The van der Waals surface area contributed by atoms with E-state index in [2.05, 4.69) is 9.47 Å². The molecule has 7 nitrogen and oxygen atoms in total. The minimum Gasteiger partial charge on any atom is -0.465 e. The van der Waals surface area contributed by atoms with Gasteiger partial charge >= 0.3 is 11.9 Å². The number of hydrogen-bond acceptors (Lipinski definition) is 6. The first-order valence-electron chi connectivity index (χ1n) is 8.57. The second-order valence-corrected chi connectivity index (χ2v) is 8.20. The largest absolute Gasteiger partial charge is 0.465 e. The number of carbonyl (C=O) groups is 2. The minimum absolute atomic E-state index is 0.0686. The van der Waals surface area contributed by atoms with Gasteiger partial charge in [0.05, 0.1) is 35.9 Å². The van der Waals surface area contributed by atoms with Crippen molar-refractivity contribution in [2.75, 3.05) is 25.6 Å². The zero-order chi connectivity index (χ0) is 21.2. The average Bonchev–Trinajstić information content (AvgIpc) is 2.76. The van der Waals surface area contributed by atoms with E-state index in [4.69, 9.17) is 0 Å². The maximum absolute atomic E-state index is 13.2. The van der Waals surface area contributed by atoms with Gasteiger partial charge in [-0.3, -0.25) is 4.31 Å². The summed E-state index contributed by atoms with van der Waals surface area (Å²) in [7, 11) is -0.328. The Kier molecular flexibility index (Phi) is 5.56. The zero-order valence-corrected chi connectivity index (χ0v) is 16.9. The first kappa shape index (κ1) is 20.3. The zero-order valence-electron chi connectivity index (χ0n) is 16.1. The van der Waals surface area contributed by atoms with E-state index in [1.807, 2.05) is 30.3 Å². The molecule has 0 atom stereocenters. The van der Waals surface area contributed by atoms with Crippen LogP contribution in [-0.2, 0) is 19.5 Å². The molecule has 0 aliphatic rings. The van der Waals surface area contributed by atoms with Gasteiger partial charge in [-0.05, 0) is 41.1 Å². The van der Waals surface area contributed by atoms with Crippen LogP contribution in [0.2, 0.25) is 0 Å². The van der Waals surface area contributed by atoms with Crippen LogP contribution in [-0.4, -0.2) is 41.6 Å². The second-order valence-electron chi connectivity index (χ2n) is 6.23. The lowest BCUT2D eigenvalue weighted by atomic mass is 10.1. The molecule has 3 rings (SSSR count). The topological polar surface area (TPSA) is 90.0 Å². The normalized spacial score (nSPS) is 11.1. The summed E-state index contributed by atoms with van der Waals surface area (Å²) >= 11 is 0. The van der Waals surface area contributed by atoms with Crippen LogP contribution in [0.3, 0.4) is 0 Å². The lowest BCUT2D eigenvalue weighted by molar-refractivity contribution is 0.0598. The lowest BCUT2D eigenvalue weighted by Crippen LogP contribution is -2.27. The van der Waals surface area contributed by atoms with Crippen molar-refractivity contribution < 1.29 is 27.5 Å². The summed E-state index contributed by atoms with van der Waals surface area (Å²) in [6.07, 6.45) is 0. The predicted octanol–water partition coefficient (Wildman–Crippen LogP) is 3.24. The summed E-state index contributed by atoms with van der Waals surface area (Å²) in [4.78, 5) is 23.7. The van der Waals surface area contributed by atoms with Crippen molar-refractivity contribution in [2.24, 2.45) is 0 Å². The average molecular weight is 413 g/mol. The molecule has 0 radical (unpaired) electrons. The van der Waals surface area contributed by atoms with E-state index < -0.39 is 22.0 Å². The first-order valence-corrected chi connectivity index (χ1v) is 10.0. The van der Waals surface area contributed by atoms with E-state index in [1.54, 1.807) is 12.1 Å². The van der Waals surface area contributed by atoms with E-state index >= 15 is 0 Å². The van der Waals surface area contributed by atoms with Crippen molar-refractivity contribution in [1.29, 1.82) is 0 Å². The third-order valence-corrected chi connectivity index (χ3v) is 6.27. The summed E-state index contributed by atoms with van der Waals surface area (Å²) in [5.74, 6) is -1.53. The van der Waals surface area contributed by atoms with Gasteiger partial charge < -0.3 is 9.47 Å². The highest BCUT2D eigenvalue weighted by Crippen LogP contribution is 2.27. The van der Waals surface area contributed by atoms with Gasteiger partial charge in [0.1, 0.15) is 0 Å². The number of fused-ring (bicyclic) bond motifs is 1. The highest BCUT2D eigenvalue weighted by molar-refractivity contribution is 7.92. The van der Waals surface area contributed by atoms with Crippen LogP contribution in [0.4, 0.5) is 5.69 Å². The quantitative estimate of drug-likeness (QED) is 0.597. The van der Waals surface area contributed by atoms with Crippen molar-refractivity contribution in [3.05, 3.63) is 71.8 Å². The molecular formula is C21H19NO6S. The number of carbonyl (C=O) groups excluding carboxylic acids is 2. The number of sulfonamides is 1. The third kappa shape index (κ3) is 3.93. The van der Waals surface area contributed by atoms with Crippen LogP contribution in [0.15, 0.2) is 65.6 Å². The molecule has 0 saturated heterocycles. The summed E-state index contributed by atoms with van der Waals surface area (Å²) in [5, 5.41) is 1.85. The molecule has 0 aliphatic heterocycles. The Morgan fingerprint density at radius 1 is 0.793 bits per heavy atom. The van der Waals surface area contributed by atoms with Gasteiger partial charge in [0.15, 0.2) is 0 Å². The van der Waals surface area contributed by atoms with Crippen molar-refractivity contribution in [2.45, 2.75) is 4.90 Å². The first-order chi connectivity index (χ1) is 13.8. The van der Waals surface area contributed by atoms with E-state index in [9.17, 15) is 18.0 Å². The fourth-order valence-corrected chi connectivity index (χ4v) is 4.15. The lowest BCUT2D eigenvalue weighted by Gasteiger charge is -2.20. The van der Waals surface area contributed by atoms with Gasteiger partial charge in [-0.1, -0.05) is 30.3 Å². The summed E-state index contributed by atoms with van der Waals surface area (Å²) in [6.45, 7) is 0. The summed E-state index contributed by atoms with van der Waals surface area (Å²) in [5.41, 5.74) is 0.300. The van der Waals surface area contributed by atoms with Crippen molar-refractivity contribution >= 4 is 38.4 Å². The molecule has 0 heterocycles. The van der Waals surface area contributed by atoms with Gasteiger partial charge in [-0.2, -0.15) is 0 Å². The van der Waals surface area contributed by atoms with Crippen LogP contribution >= 0.6 is 0 Å². The Morgan fingerprint density at radius 3 is 1.90 bits per heavy atom. The molecule has 150 valence electrons. The molecule has 0 N–H and O–H groups in total. The number of hydrogen-bond donors (Lipinski definition) is 0. The molecule has 3 aromatic rings. The molecule has 0 aliphatic carbocycles. The van der Waals surface area contributed by atoms with Crippen LogP contribution in [0.25, 0.3) is 10.8 Å². The van der Waals surface area contributed by atoms with Crippen LogP contribution < -0.4 is 4.31 Å². The van der Waals surface area contributed by atoms with Gasteiger partial charge in [-0.25, -0.2) is 18.0 Å². The smallest absolute Gasteiger partial charge is 0.337 e. The SMILES string of the molecule is COC(=O)c1cc(C(=O)OC)cc(S(=O)(=O)N(C)c2ccc3ccccc3c2)c1. The molecule has 29 heavy (non-hydrogen) atoms. The number of rotatable bonds is 5. The molecule has 0 amide bonds. The third-order valence-electron chi connectivity index (χ3n) is 4.50. The molecule has 0 unspecified atom stereocenters. The summed E-state index contributed by atoms with van der Waals surface area (Å²) < 4.78 is 36.9. The van der Waals surface area contributed by atoms with Crippen LogP contribution in [0.5, 0.6) is 0 Å². The monoisotopic (exact) mass is 413 g/mol. The van der Waals surface area contributed by atoms with E-state index in [0.717, 1.165) is 15.1 Å². The minimum atomic E-state index is -4.07. The molecule has 0 fully saturated rings. The van der Waals surface area contributed by atoms with Gasteiger partial charge in [0, 0.05) is 7.05 Å². The van der Waals surface area contributed by atoms with Gasteiger partial charge in [-0.15, -0.1) is 0 Å². The molecular weight excluding hydrogens is 394 g/mol. The molecule has 3 aromatic carbocycles. The molecule has 8 heteroatoms. The van der Waals surface area contributed by atoms with Crippen molar-refractivity contribution in [3.63, 3.8) is 0 Å².